The number of rotatable bonds is 6. The van der Waals surface area contributed by atoms with E-state index in [4.69, 9.17) is 20.4 Å². The molecule has 1 amide bonds. The second-order valence-electron chi connectivity index (χ2n) is 8.01. The van der Waals surface area contributed by atoms with E-state index in [1.807, 2.05) is 31.3 Å². The Bertz CT molecular complexity index is 1330. The summed E-state index contributed by atoms with van der Waals surface area (Å²) in [4.78, 5) is 28.4. The van der Waals surface area contributed by atoms with Gasteiger partial charge in [-0.2, -0.15) is 15.0 Å². The fourth-order valence-electron chi connectivity index (χ4n) is 4.24. The second-order valence-corrected chi connectivity index (χ2v) is 8.01. The molecule has 2 aromatic carbocycles. The van der Waals surface area contributed by atoms with Gasteiger partial charge in [0.2, 0.25) is 5.95 Å². The van der Waals surface area contributed by atoms with Crippen LogP contribution in [0.2, 0.25) is 0 Å². The van der Waals surface area contributed by atoms with E-state index in [1.165, 1.54) is 7.11 Å². The van der Waals surface area contributed by atoms with E-state index in [1.54, 1.807) is 16.7 Å². The van der Waals surface area contributed by atoms with Gasteiger partial charge in [-0.15, -0.1) is 0 Å². The molecule has 0 fully saturated rings. The number of nitrogens with two attached hydrogens (primary N) is 1. The molecule has 0 saturated carbocycles. The maximum atomic E-state index is 12.0. The molecule has 2 aromatic heterocycles. The molecule has 0 atom stereocenters. The zero-order valence-electron chi connectivity index (χ0n) is 18.6. The van der Waals surface area contributed by atoms with E-state index in [9.17, 15) is 4.79 Å². The zero-order valence-corrected chi connectivity index (χ0v) is 18.6. The first kappa shape index (κ1) is 20.7. The van der Waals surface area contributed by atoms with Gasteiger partial charge in [-0.05, 0) is 30.5 Å². The van der Waals surface area contributed by atoms with Gasteiger partial charge in [-0.3, -0.25) is 4.79 Å². The zero-order chi connectivity index (χ0) is 22.9. The molecular formula is C24H25N7O2. The molecule has 0 bridgehead atoms. The molecule has 3 heterocycles. The molecule has 0 aliphatic carbocycles. The fourth-order valence-corrected chi connectivity index (χ4v) is 4.24. The summed E-state index contributed by atoms with van der Waals surface area (Å²) in [5, 5.41) is 3.50. The number of ether oxygens (including phenoxy) is 1. The third-order valence-corrected chi connectivity index (χ3v) is 5.86. The Morgan fingerprint density at radius 3 is 2.70 bits per heavy atom. The van der Waals surface area contributed by atoms with Crippen LogP contribution in [0.5, 0.6) is 6.01 Å². The van der Waals surface area contributed by atoms with Crippen molar-refractivity contribution in [2.75, 3.05) is 30.9 Å². The van der Waals surface area contributed by atoms with Crippen molar-refractivity contribution < 1.29 is 9.53 Å². The number of carbonyl (C=O) groups is 1. The van der Waals surface area contributed by atoms with Crippen molar-refractivity contribution >= 4 is 28.6 Å². The van der Waals surface area contributed by atoms with Crippen molar-refractivity contribution in [2.24, 2.45) is 5.73 Å². The Kier molecular flexibility index (Phi) is 5.29. The van der Waals surface area contributed by atoms with Crippen LogP contribution in [0.1, 0.15) is 27.9 Å². The summed E-state index contributed by atoms with van der Waals surface area (Å²) in [6.45, 7) is 1.55. The van der Waals surface area contributed by atoms with Crippen LogP contribution in [-0.4, -0.2) is 46.1 Å². The van der Waals surface area contributed by atoms with Gasteiger partial charge in [0.05, 0.1) is 18.2 Å². The Balaban J connectivity index is 1.67. The summed E-state index contributed by atoms with van der Waals surface area (Å²) in [7, 11) is 3.56. The van der Waals surface area contributed by atoms with E-state index in [0.717, 1.165) is 42.1 Å². The van der Waals surface area contributed by atoms with E-state index in [2.05, 4.69) is 27.3 Å². The molecule has 0 radical (unpaired) electrons. The predicted octanol–water partition coefficient (Wildman–Crippen LogP) is 2.92. The summed E-state index contributed by atoms with van der Waals surface area (Å²) in [5.74, 6) is 1.51. The fraction of sp³-hybridized carbons (Fsp3) is 0.250. The van der Waals surface area contributed by atoms with Crippen molar-refractivity contribution in [2.45, 2.75) is 19.4 Å². The van der Waals surface area contributed by atoms with Crippen LogP contribution in [-0.2, 0) is 13.0 Å². The Morgan fingerprint density at radius 2 is 1.94 bits per heavy atom. The number of hydrogen-bond acceptors (Lipinski definition) is 7. The van der Waals surface area contributed by atoms with E-state index in [-0.39, 0.29) is 6.01 Å². The first-order valence-corrected chi connectivity index (χ1v) is 10.8. The lowest BCUT2D eigenvalue weighted by Gasteiger charge is -2.28. The van der Waals surface area contributed by atoms with Crippen molar-refractivity contribution in [3.63, 3.8) is 0 Å². The first-order chi connectivity index (χ1) is 16.1. The molecule has 5 rings (SSSR count). The second kappa shape index (κ2) is 8.42. The maximum Gasteiger partial charge on any atom is 0.304 e. The third-order valence-electron chi connectivity index (χ3n) is 5.86. The van der Waals surface area contributed by atoms with Gasteiger partial charge < -0.3 is 20.7 Å². The number of carbonyl (C=O) groups excluding carboxylic acids is 1. The van der Waals surface area contributed by atoms with Gasteiger partial charge in [0.1, 0.15) is 17.2 Å². The maximum absolute atomic E-state index is 12.0. The standard InChI is InChI=1S/C24H25N7O2/c1-30-13-7-11-17-21(26-14-15-8-4-3-5-9-15)28-23(29-22(17)30)31-18-12-6-10-16(20(25)32)19(18)27-24(31)33-2/h3-6,8-10,12H,7,11,13-14H2,1-2H3,(H2,25,32)(H,26,28,29). The van der Waals surface area contributed by atoms with Crippen LogP contribution in [0.4, 0.5) is 11.6 Å². The number of nitrogens with one attached hydrogen (secondary N) is 1. The lowest BCUT2D eigenvalue weighted by molar-refractivity contribution is 0.100. The summed E-state index contributed by atoms with van der Waals surface area (Å²) in [6.07, 6.45) is 1.93. The Hall–Kier alpha value is -4.14. The number of imidazole rings is 1. The van der Waals surface area contributed by atoms with Gasteiger partial charge in [-0.25, -0.2) is 4.57 Å². The van der Waals surface area contributed by atoms with Gasteiger partial charge in [-0.1, -0.05) is 36.4 Å². The molecule has 0 saturated heterocycles. The molecule has 0 spiro atoms. The molecule has 1 aliphatic rings. The van der Waals surface area contributed by atoms with Crippen molar-refractivity contribution in [3.8, 4) is 12.0 Å². The average molecular weight is 444 g/mol. The number of fused-ring (bicyclic) bond motifs is 2. The van der Waals surface area contributed by atoms with Crippen LogP contribution in [0.15, 0.2) is 48.5 Å². The van der Waals surface area contributed by atoms with Gasteiger partial charge in [0.15, 0.2) is 0 Å². The summed E-state index contributed by atoms with van der Waals surface area (Å²) < 4.78 is 7.27. The molecule has 3 N–H and O–H groups in total. The highest BCUT2D eigenvalue weighted by molar-refractivity contribution is 6.04. The number of methoxy groups -OCH3 is 1. The van der Waals surface area contributed by atoms with Crippen molar-refractivity contribution in [1.29, 1.82) is 0 Å². The average Bonchev–Trinajstić information content (AvgIpc) is 3.22. The molecule has 4 aromatic rings. The van der Waals surface area contributed by atoms with Gasteiger partial charge >= 0.3 is 6.01 Å². The van der Waals surface area contributed by atoms with Gasteiger partial charge in [0.25, 0.3) is 5.91 Å². The minimum absolute atomic E-state index is 0.283. The lowest BCUT2D eigenvalue weighted by Crippen LogP contribution is -2.28. The number of benzene rings is 2. The minimum atomic E-state index is -0.552. The molecule has 0 unspecified atom stereocenters. The van der Waals surface area contributed by atoms with Crippen LogP contribution in [0.3, 0.4) is 0 Å². The van der Waals surface area contributed by atoms with E-state index >= 15 is 0 Å². The van der Waals surface area contributed by atoms with Crippen molar-refractivity contribution in [1.82, 2.24) is 19.5 Å². The highest BCUT2D eigenvalue weighted by Gasteiger charge is 2.25. The molecule has 9 heteroatoms. The highest BCUT2D eigenvalue weighted by Crippen LogP contribution is 2.33. The lowest BCUT2D eigenvalue weighted by atomic mass is 10.1. The summed E-state index contributed by atoms with van der Waals surface area (Å²) in [6, 6.07) is 15.7. The number of para-hydroxylation sites is 1. The number of nitrogens with zero attached hydrogens (tertiary/aromatic N) is 5. The van der Waals surface area contributed by atoms with E-state index in [0.29, 0.717) is 29.1 Å². The number of primary amides is 1. The monoisotopic (exact) mass is 443 g/mol. The largest absolute Gasteiger partial charge is 0.468 e. The SMILES string of the molecule is COc1nc2c(C(N)=O)cccc2n1-c1nc(NCc2ccccc2)c2c(n1)N(C)CCC2. The molecule has 9 nitrogen and oxygen atoms in total. The Labute approximate surface area is 191 Å². The van der Waals surface area contributed by atoms with Crippen LogP contribution in [0, 0.1) is 0 Å². The van der Waals surface area contributed by atoms with Crippen LogP contribution < -0.4 is 20.7 Å². The third kappa shape index (κ3) is 3.71. The number of hydrogen-bond donors (Lipinski definition) is 2. The topological polar surface area (TPSA) is 111 Å². The van der Waals surface area contributed by atoms with Crippen molar-refractivity contribution in [3.05, 3.63) is 65.2 Å². The molecular weight excluding hydrogens is 418 g/mol. The number of aromatic nitrogens is 4. The van der Waals surface area contributed by atoms with Crippen LogP contribution in [0.25, 0.3) is 17.0 Å². The Morgan fingerprint density at radius 1 is 1.12 bits per heavy atom. The number of amides is 1. The highest BCUT2D eigenvalue weighted by atomic mass is 16.5. The minimum Gasteiger partial charge on any atom is -0.468 e. The van der Waals surface area contributed by atoms with E-state index < -0.39 is 5.91 Å². The molecule has 1 aliphatic heterocycles. The molecule has 33 heavy (non-hydrogen) atoms. The summed E-state index contributed by atoms with van der Waals surface area (Å²) >= 11 is 0. The normalized spacial score (nSPS) is 13.1. The quantitative estimate of drug-likeness (QED) is 0.471. The van der Waals surface area contributed by atoms with Crippen LogP contribution >= 0.6 is 0 Å². The first-order valence-electron chi connectivity index (χ1n) is 10.8. The summed E-state index contributed by atoms with van der Waals surface area (Å²) in [5.41, 5.74) is 9.24. The smallest absolute Gasteiger partial charge is 0.304 e. The van der Waals surface area contributed by atoms with Gasteiger partial charge in [0, 0.05) is 25.7 Å². The molecule has 168 valence electrons. The predicted molar refractivity (Wildman–Crippen MR) is 127 cm³/mol. The number of anilines is 2.